The summed E-state index contributed by atoms with van der Waals surface area (Å²) in [5, 5.41) is 3.36. The van der Waals surface area contributed by atoms with Crippen LogP contribution in [0.3, 0.4) is 0 Å². The first-order chi connectivity index (χ1) is 8.62. The van der Waals surface area contributed by atoms with Crippen molar-refractivity contribution in [1.29, 1.82) is 0 Å². The zero-order valence-electron chi connectivity index (χ0n) is 11.5. The second-order valence-electron chi connectivity index (χ2n) is 4.52. The third-order valence-electron chi connectivity index (χ3n) is 2.13. The maximum absolute atomic E-state index is 5.51. The Morgan fingerprint density at radius 3 is 2.50 bits per heavy atom. The van der Waals surface area contributed by atoms with Crippen molar-refractivity contribution in [2.24, 2.45) is 5.73 Å². The van der Waals surface area contributed by atoms with E-state index in [9.17, 15) is 0 Å². The minimum atomic E-state index is -0.0851. The minimum Gasteiger partial charge on any atom is -0.379 e. The molecule has 5 heteroatoms. The van der Waals surface area contributed by atoms with Crippen molar-refractivity contribution in [3.05, 3.63) is 0 Å². The highest BCUT2D eigenvalue weighted by Gasteiger charge is 2.16. The van der Waals surface area contributed by atoms with Gasteiger partial charge in [0.2, 0.25) is 0 Å². The largest absolute Gasteiger partial charge is 0.379 e. The fraction of sp³-hybridized carbons (Fsp3) is 0.846. The van der Waals surface area contributed by atoms with Crippen molar-refractivity contribution < 1.29 is 14.2 Å². The molecule has 0 spiro atoms. The van der Waals surface area contributed by atoms with Crippen LogP contribution in [0.25, 0.3) is 0 Å². The van der Waals surface area contributed by atoms with Crippen molar-refractivity contribution >= 4 is 0 Å². The van der Waals surface area contributed by atoms with Gasteiger partial charge in [-0.15, -0.1) is 6.42 Å². The lowest BCUT2D eigenvalue weighted by Gasteiger charge is -2.26. The number of hydrogen-bond acceptors (Lipinski definition) is 5. The number of hydrogen-bond donors (Lipinski definition) is 2. The van der Waals surface area contributed by atoms with Gasteiger partial charge in [0.05, 0.1) is 33.0 Å². The van der Waals surface area contributed by atoms with Gasteiger partial charge in [0.1, 0.15) is 6.61 Å². The predicted molar refractivity (Wildman–Crippen MR) is 72.4 cm³/mol. The van der Waals surface area contributed by atoms with Crippen LogP contribution in [0.1, 0.15) is 13.8 Å². The Labute approximate surface area is 110 Å². The Balaban J connectivity index is 3.40. The van der Waals surface area contributed by atoms with Gasteiger partial charge in [-0.25, -0.2) is 0 Å². The molecule has 0 aromatic carbocycles. The number of rotatable bonds is 12. The molecular weight excluding hydrogens is 232 g/mol. The number of terminal acetylenes is 1. The Hall–Kier alpha value is -0.640. The summed E-state index contributed by atoms with van der Waals surface area (Å²) in [5.41, 5.74) is 5.24. The van der Waals surface area contributed by atoms with Crippen LogP contribution in [-0.2, 0) is 14.2 Å². The molecule has 0 aliphatic carbocycles. The lowest BCUT2D eigenvalue weighted by Crippen LogP contribution is -2.45. The molecule has 0 rings (SSSR count). The summed E-state index contributed by atoms with van der Waals surface area (Å²) in [6.45, 7) is 8.80. The SMILES string of the molecule is C#CCOCCOCC(C)(C)NCCOCCN. The van der Waals surface area contributed by atoms with E-state index in [1.165, 1.54) is 0 Å². The minimum absolute atomic E-state index is 0.0851. The van der Waals surface area contributed by atoms with Crippen LogP contribution in [0.4, 0.5) is 0 Å². The summed E-state index contributed by atoms with van der Waals surface area (Å²) in [5.74, 6) is 2.41. The van der Waals surface area contributed by atoms with E-state index in [1.54, 1.807) is 0 Å². The molecule has 0 radical (unpaired) electrons. The standard InChI is InChI=1S/C13H26N2O3/c1-4-7-16-10-11-18-12-13(2,3)15-6-9-17-8-5-14/h1,15H,5-12,14H2,2-3H3. The Bertz CT molecular complexity index is 227. The van der Waals surface area contributed by atoms with Crippen LogP contribution in [0.5, 0.6) is 0 Å². The van der Waals surface area contributed by atoms with E-state index in [2.05, 4.69) is 25.1 Å². The fourth-order valence-electron chi connectivity index (χ4n) is 1.27. The van der Waals surface area contributed by atoms with E-state index < -0.39 is 0 Å². The zero-order valence-corrected chi connectivity index (χ0v) is 11.5. The van der Waals surface area contributed by atoms with Crippen LogP contribution in [0.2, 0.25) is 0 Å². The lowest BCUT2D eigenvalue weighted by molar-refractivity contribution is 0.0323. The highest BCUT2D eigenvalue weighted by molar-refractivity contribution is 4.82. The molecule has 5 nitrogen and oxygen atoms in total. The van der Waals surface area contributed by atoms with Crippen molar-refractivity contribution in [2.45, 2.75) is 19.4 Å². The molecule has 0 aliphatic rings. The molecule has 0 aliphatic heterocycles. The van der Waals surface area contributed by atoms with Gasteiger partial charge in [-0.1, -0.05) is 5.92 Å². The highest BCUT2D eigenvalue weighted by Crippen LogP contribution is 2.02. The maximum atomic E-state index is 5.51. The molecule has 106 valence electrons. The molecular formula is C13H26N2O3. The Morgan fingerprint density at radius 1 is 1.11 bits per heavy atom. The Kier molecular flexibility index (Phi) is 11.0. The summed E-state index contributed by atoms with van der Waals surface area (Å²) in [4.78, 5) is 0. The van der Waals surface area contributed by atoms with E-state index in [0.29, 0.717) is 46.2 Å². The monoisotopic (exact) mass is 258 g/mol. The molecule has 0 amide bonds. The summed E-state index contributed by atoms with van der Waals surface area (Å²) < 4.78 is 15.9. The smallest absolute Gasteiger partial charge is 0.107 e. The third-order valence-corrected chi connectivity index (χ3v) is 2.13. The summed E-state index contributed by atoms with van der Waals surface area (Å²) in [6, 6.07) is 0. The average Bonchev–Trinajstić information content (AvgIpc) is 2.33. The lowest BCUT2D eigenvalue weighted by atomic mass is 10.1. The van der Waals surface area contributed by atoms with Gasteiger partial charge in [0.15, 0.2) is 0 Å². The average molecular weight is 258 g/mol. The highest BCUT2D eigenvalue weighted by atomic mass is 16.5. The maximum Gasteiger partial charge on any atom is 0.107 e. The Morgan fingerprint density at radius 2 is 1.83 bits per heavy atom. The van der Waals surface area contributed by atoms with Crippen LogP contribution in [-0.4, -0.2) is 58.3 Å². The van der Waals surface area contributed by atoms with Crippen molar-refractivity contribution in [3.8, 4) is 12.3 Å². The number of nitrogens with two attached hydrogens (primary N) is 1. The molecule has 18 heavy (non-hydrogen) atoms. The first-order valence-electron chi connectivity index (χ1n) is 6.24. The molecule has 0 fully saturated rings. The van der Waals surface area contributed by atoms with E-state index in [4.69, 9.17) is 26.4 Å². The molecule has 3 N–H and O–H groups in total. The van der Waals surface area contributed by atoms with E-state index in [1.807, 2.05) is 0 Å². The molecule has 0 bridgehead atoms. The first-order valence-corrected chi connectivity index (χ1v) is 6.24. The molecule has 0 saturated carbocycles. The van der Waals surface area contributed by atoms with Gasteiger partial charge < -0.3 is 25.3 Å². The van der Waals surface area contributed by atoms with Gasteiger partial charge in [0, 0.05) is 18.6 Å². The number of ether oxygens (including phenoxy) is 3. The van der Waals surface area contributed by atoms with Crippen LogP contribution in [0.15, 0.2) is 0 Å². The van der Waals surface area contributed by atoms with E-state index >= 15 is 0 Å². The van der Waals surface area contributed by atoms with Crippen LogP contribution < -0.4 is 11.1 Å². The molecule has 0 heterocycles. The molecule has 0 saturated heterocycles. The van der Waals surface area contributed by atoms with Gasteiger partial charge >= 0.3 is 0 Å². The quantitative estimate of drug-likeness (QED) is 0.381. The van der Waals surface area contributed by atoms with Crippen LogP contribution in [0, 0.1) is 12.3 Å². The molecule has 0 aromatic rings. The fourth-order valence-corrected chi connectivity index (χ4v) is 1.27. The van der Waals surface area contributed by atoms with Crippen LogP contribution >= 0.6 is 0 Å². The topological polar surface area (TPSA) is 65.7 Å². The molecule has 0 unspecified atom stereocenters. The van der Waals surface area contributed by atoms with E-state index in [0.717, 1.165) is 6.54 Å². The van der Waals surface area contributed by atoms with Crippen molar-refractivity contribution in [2.75, 3.05) is 52.7 Å². The second-order valence-corrected chi connectivity index (χ2v) is 4.52. The normalized spacial score (nSPS) is 11.4. The zero-order chi connectivity index (χ0) is 13.7. The van der Waals surface area contributed by atoms with Gasteiger partial charge in [0.25, 0.3) is 0 Å². The first kappa shape index (κ1) is 17.4. The van der Waals surface area contributed by atoms with Crippen molar-refractivity contribution in [3.63, 3.8) is 0 Å². The summed E-state index contributed by atoms with van der Waals surface area (Å²) in [7, 11) is 0. The van der Waals surface area contributed by atoms with Gasteiger partial charge in [-0.3, -0.25) is 0 Å². The van der Waals surface area contributed by atoms with Gasteiger partial charge in [-0.2, -0.15) is 0 Å². The molecule has 0 atom stereocenters. The van der Waals surface area contributed by atoms with E-state index in [-0.39, 0.29) is 5.54 Å². The molecule has 0 aromatic heterocycles. The summed E-state index contributed by atoms with van der Waals surface area (Å²) >= 11 is 0. The number of nitrogens with one attached hydrogen (secondary N) is 1. The van der Waals surface area contributed by atoms with Gasteiger partial charge in [-0.05, 0) is 13.8 Å². The summed E-state index contributed by atoms with van der Waals surface area (Å²) in [6.07, 6.45) is 5.06. The van der Waals surface area contributed by atoms with Crippen molar-refractivity contribution in [1.82, 2.24) is 5.32 Å². The third kappa shape index (κ3) is 11.8. The predicted octanol–water partition coefficient (Wildman–Crippen LogP) is -0.00370. The second kappa shape index (κ2) is 11.5.